The highest BCUT2D eigenvalue weighted by Crippen LogP contribution is 2.27. The second kappa shape index (κ2) is 9.35. The van der Waals surface area contributed by atoms with Gasteiger partial charge < -0.3 is 14.7 Å². The fourth-order valence-electron chi connectivity index (χ4n) is 4.13. The van der Waals surface area contributed by atoms with E-state index in [0.717, 1.165) is 39.5 Å². The number of allylic oxidation sites excluding steroid dienone is 1. The molecule has 34 heavy (non-hydrogen) atoms. The van der Waals surface area contributed by atoms with Gasteiger partial charge in [0, 0.05) is 30.1 Å². The molecule has 3 heterocycles. The third-order valence-corrected chi connectivity index (χ3v) is 5.69. The van der Waals surface area contributed by atoms with E-state index in [0.29, 0.717) is 24.3 Å². The van der Waals surface area contributed by atoms with Crippen molar-refractivity contribution in [3.8, 4) is 0 Å². The molecule has 0 bridgehead atoms. The van der Waals surface area contributed by atoms with Crippen LogP contribution in [0.5, 0.6) is 0 Å². The molecule has 0 aliphatic carbocycles. The third kappa shape index (κ3) is 4.76. The van der Waals surface area contributed by atoms with Crippen LogP contribution in [-0.2, 0) is 17.6 Å². The number of rotatable bonds is 7. The van der Waals surface area contributed by atoms with E-state index in [1.807, 2.05) is 48.7 Å². The van der Waals surface area contributed by atoms with Crippen LogP contribution in [0, 0.1) is 11.6 Å². The van der Waals surface area contributed by atoms with Crippen LogP contribution in [0.3, 0.4) is 0 Å². The Kier molecular flexibility index (Phi) is 5.95. The standard InChI is InChI=1S/C28H23F2N3O/c1-34-28-17-26(24-9-4-10-31-24)33-27(28)16-25-20(11-18-5-2-7-21(29)12-18)15-23(32-25)14-19-6-3-8-22(30)13-19/h2-10,12-13,15-17,31-32H,11,14H2,1H3/b27-16-. The summed E-state index contributed by atoms with van der Waals surface area (Å²) in [5.74, 6) is 0.120. The van der Waals surface area contributed by atoms with Gasteiger partial charge in [0.05, 0.1) is 18.5 Å². The summed E-state index contributed by atoms with van der Waals surface area (Å²) in [6.45, 7) is 0. The van der Waals surface area contributed by atoms with Gasteiger partial charge in [0.15, 0.2) is 0 Å². The lowest BCUT2D eigenvalue weighted by atomic mass is 10.0. The summed E-state index contributed by atoms with van der Waals surface area (Å²) in [7, 11) is 1.62. The molecular weight excluding hydrogens is 432 g/mol. The Morgan fingerprint density at radius 2 is 1.65 bits per heavy atom. The fraction of sp³-hybridized carbons (Fsp3) is 0.107. The molecule has 4 nitrogen and oxygen atoms in total. The van der Waals surface area contributed by atoms with Gasteiger partial charge in [-0.05, 0) is 71.7 Å². The number of H-pyrrole nitrogens is 2. The summed E-state index contributed by atoms with van der Waals surface area (Å²) < 4.78 is 33.1. The topological polar surface area (TPSA) is 53.2 Å². The Labute approximate surface area is 196 Å². The second-order valence-electron chi connectivity index (χ2n) is 8.17. The molecule has 2 aromatic carbocycles. The molecule has 0 saturated carbocycles. The van der Waals surface area contributed by atoms with Gasteiger partial charge in [0.2, 0.25) is 0 Å². The minimum Gasteiger partial charge on any atom is -0.494 e. The first kappa shape index (κ1) is 21.6. The van der Waals surface area contributed by atoms with Crippen molar-refractivity contribution in [3.63, 3.8) is 0 Å². The largest absolute Gasteiger partial charge is 0.494 e. The van der Waals surface area contributed by atoms with Crippen molar-refractivity contribution in [1.29, 1.82) is 0 Å². The normalized spacial score (nSPS) is 14.4. The number of aromatic nitrogens is 2. The minimum atomic E-state index is -0.270. The number of ether oxygens (including phenoxy) is 1. The lowest BCUT2D eigenvalue weighted by molar-refractivity contribution is 0.303. The van der Waals surface area contributed by atoms with Gasteiger partial charge in [-0.2, -0.15) is 0 Å². The number of aliphatic imine (C=N–C) groups is 1. The number of nitrogens with zero attached hydrogens (tertiary/aromatic N) is 1. The van der Waals surface area contributed by atoms with Crippen LogP contribution in [-0.4, -0.2) is 22.8 Å². The molecule has 2 N–H and O–H groups in total. The molecule has 170 valence electrons. The summed E-state index contributed by atoms with van der Waals surface area (Å²) in [5.41, 5.74) is 6.87. The minimum absolute atomic E-state index is 0.265. The van der Waals surface area contributed by atoms with Gasteiger partial charge in [-0.1, -0.05) is 24.3 Å². The van der Waals surface area contributed by atoms with E-state index in [9.17, 15) is 8.78 Å². The maximum Gasteiger partial charge on any atom is 0.146 e. The quantitative estimate of drug-likeness (QED) is 0.344. The summed E-state index contributed by atoms with van der Waals surface area (Å²) in [6.07, 6.45) is 6.76. The molecule has 0 radical (unpaired) electrons. The average Bonchev–Trinajstić information content (AvgIpc) is 3.55. The predicted molar refractivity (Wildman–Crippen MR) is 130 cm³/mol. The number of nitrogens with one attached hydrogen (secondary N) is 2. The van der Waals surface area contributed by atoms with Crippen molar-refractivity contribution in [2.45, 2.75) is 12.8 Å². The number of hydrogen-bond donors (Lipinski definition) is 2. The summed E-state index contributed by atoms with van der Waals surface area (Å²) in [4.78, 5) is 11.4. The molecule has 1 aliphatic heterocycles. The monoisotopic (exact) mass is 455 g/mol. The highest BCUT2D eigenvalue weighted by Gasteiger charge is 2.18. The lowest BCUT2D eigenvalue weighted by Crippen LogP contribution is -1.93. The van der Waals surface area contributed by atoms with Gasteiger partial charge in [0.25, 0.3) is 0 Å². The Balaban J connectivity index is 1.53. The van der Waals surface area contributed by atoms with E-state index in [1.54, 1.807) is 19.2 Å². The van der Waals surface area contributed by atoms with Crippen LogP contribution >= 0.6 is 0 Å². The highest BCUT2D eigenvalue weighted by atomic mass is 19.1. The van der Waals surface area contributed by atoms with E-state index < -0.39 is 0 Å². The van der Waals surface area contributed by atoms with E-state index in [-0.39, 0.29) is 11.6 Å². The van der Waals surface area contributed by atoms with Crippen molar-refractivity contribution in [2.24, 2.45) is 4.99 Å². The second-order valence-corrected chi connectivity index (χ2v) is 8.17. The Morgan fingerprint density at radius 3 is 2.29 bits per heavy atom. The first-order chi connectivity index (χ1) is 16.6. The maximum atomic E-state index is 13.8. The zero-order valence-corrected chi connectivity index (χ0v) is 18.6. The van der Waals surface area contributed by atoms with Crippen LogP contribution in [0.25, 0.3) is 6.08 Å². The zero-order valence-electron chi connectivity index (χ0n) is 18.6. The summed E-state index contributed by atoms with van der Waals surface area (Å²) >= 11 is 0. The van der Waals surface area contributed by atoms with Crippen LogP contribution in [0.15, 0.2) is 95.5 Å². The van der Waals surface area contributed by atoms with E-state index in [4.69, 9.17) is 9.73 Å². The van der Waals surface area contributed by atoms with Crippen molar-refractivity contribution >= 4 is 11.8 Å². The third-order valence-electron chi connectivity index (χ3n) is 5.69. The summed E-state index contributed by atoms with van der Waals surface area (Å²) in [6, 6.07) is 19.0. The first-order valence-corrected chi connectivity index (χ1v) is 11.0. The Hall–Kier alpha value is -4.19. The molecule has 0 amide bonds. The lowest BCUT2D eigenvalue weighted by Gasteiger charge is -2.04. The van der Waals surface area contributed by atoms with E-state index >= 15 is 0 Å². The maximum absolute atomic E-state index is 13.8. The van der Waals surface area contributed by atoms with Crippen LogP contribution < -0.4 is 0 Å². The van der Waals surface area contributed by atoms with Gasteiger partial charge in [0.1, 0.15) is 23.1 Å². The number of halogens is 2. The van der Waals surface area contributed by atoms with E-state index in [1.165, 1.54) is 24.3 Å². The molecule has 6 heteroatoms. The van der Waals surface area contributed by atoms with Crippen LogP contribution in [0.2, 0.25) is 0 Å². The molecule has 0 spiro atoms. The fourth-order valence-corrected chi connectivity index (χ4v) is 4.13. The van der Waals surface area contributed by atoms with Gasteiger partial charge in [-0.25, -0.2) is 13.8 Å². The Bertz CT molecular complexity index is 1410. The number of hydrogen-bond acceptors (Lipinski definition) is 2. The van der Waals surface area contributed by atoms with Gasteiger partial charge in [-0.3, -0.25) is 0 Å². The SMILES string of the molecule is COC1=CC(c2ccc[nH]2)=N/C1=C\c1[nH]c(Cc2cccc(F)c2)cc1Cc1cccc(F)c1. The molecule has 2 aromatic heterocycles. The molecule has 5 rings (SSSR count). The number of aromatic amines is 2. The molecule has 4 aromatic rings. The smallest absolute Gasteiger partial charge is 0.146 e. The molecule has 1 aliphatic rings. The number of benzene rings is 2. The summed E-state index contributed by atoms with van der Waals surface area (Å²) in [5, 5.41) is 0. The van der Waals surface area contributed by atoms with Crippen molar-refractivity contribution in [3.05, 3.63) is 136 Å². The first-order valence-electron chi connectivity index (χ1n) is 11.0. The molecule has 0 unspecified atom stereocenters. The highest BCUT2D eigenvalue weighted by molar-refractivity contribution is 6.11. The van der Waals surface area contributed by atoms with Crippen LogP contribution in [0.1, 0.15) is 33.8 Å². The average molecular weight is 456 g/mol. The molecular formula is C28H23F2N3O. The van der Waals surface area contributed by atoms with E-state index in [2.05, 4.69) is 9.97 Å². The zero-order chi connectivity index (χ0) is 23.5. The Morgan fingerprint density at radius 1 is 0.912 bits per heavy atom. The van der Waals surface area contributed by atoms with Gasteiger partial charge >= 0.3 is 0 Å². The molecule has 0 fully saturated rings. The number of methoxy groups -OCH3 is 1. The molecule has 0 saturated heterocycles. The van der Waals surface area contributed by atoms with Crippen molar-refractivity contribution < 1.29 is 13.5 Å². The van der Waals surface area contributed by atoms with Crippen molar-refractivity contribution in [1.82, 2.24) is 9.97 Å². The van der Waals surface area contributed by atoms with Crippen molar-refractivity contribution in [2.75, 3.05) is 7.11 Å². The predicted octanol–water partition coefficient (Wildman–Crippen LogP) is 6.18. The van der Waals surface area contributed by atoms with Crippen LogP contribution in [0.4, 0.5) is 8.78 Å². The van der Waals surface area contributed by atoms with Gasteiger partial charge in [-0.15, -0.1) is 0 Å². The molecule has 0 atom stereocenters.